The minimum atomic E-state index is -0.372. The Kier molecular flexibility index (Phi) is 3.69. The summed E-state index contributed by atoms with van der Waals surface area (Å²) in [5, 5.41) is 1.00. The number of rotatable bonds is 4. The van der Waals surface area contributed by atoms with Gasteiger partial charge in [0.15, 0.2) is 0 Å². The van der Waals surface area contributed by atoms with E-state index in [0.29, 0.717) is 5.56 Å². The summed E-state index contributed by atoms with van der Waals surface area (Å²) in [6, 6.07) is 14.0. The molecule has 1 N–H and O–H groups in total. The quantitative estimate of drug-likeness (QED) is 0.743. The molecule has 0 amide bonds. The first kappa shape index (κ1) is 13.4. The van der Waals surface area contributed by atoms with Gasteiger partial charge in [0.25, 0.3) is 0 Å². The highest BCUT2D eigenvalue weighted by Gasteiger charge is 2.10. The van der Waals surface area contributed by atoms with Gasteiger partial charge in [-0.15, -0.1) is 0 Å². The number of esters is 1. The number of aromatic amines is 1. The number of H-pyrrole nitrogens is 1. The molecule has 0 aliphatic heterocycles. The van der Waals surface area contributed by atoms with Crippen molar-refractivity contribution >= 4 is 16.9 Å². The second-order valence-electron chi connectivity index (χ2n) is 4.79. The van der Waals surface area contributed by atoms with Crippen molar-refractivity contribution < 1.29 is 13.9 Å². The summed E-state index contributed by atoms with van der Waals surface area (Å²) in [5.74, 6) is -0.736. The van der Waals surface area contributed by atoms with Crippen molar-refractivity contribution in [2.75, 3.05) is 0 Å². The molecule has 3 aromatic rings. The number of nitrogens with one attached hydrogen (secondary N) is 1. The number of fused-ring (bicyclic) bond motifs is 1. The van der Waals surface area contributed by atoms with E-state index in [1.165, 1.54) is 6.07 Å². The van der Waals surface area contributed by atoms with Gasteiger partial charge in [0.2, 0.25) is 0 Å². The van der Waals surface area contributed by atoms with Crippen LogP contribution in [0, 0.1) is 5.82 Å². The number of carbonyl (C=O) groups excluding carboxylic acids is 1. The molecule has 0 unspecified atom stereocenters. The summed E-state index contributed by atoms with van der Waals surface area (Å²) < 4.78 is 18.6. The maximum absolute atomic E-state index is 13.4. The number of aromatic nitrogens is 1. The molecule has 4 heteroatoms. The Morgan fingerprint density at radius 2 is 1.81 bits per heavy atom. The van der Waals surface area contributed by atoms with Gasteiger partial charge in [0, 0.05) is 22.7 Å². The Hall–Kier alpha value is -2.62. The minimum absolute atomic E-state index is 0.0478. The van der Waals surface area contributed by atoms with Crippen molar-refractivity contribution in [3.05, 3.63) is 71.7 Å². The highest BCUT2D eigenvalue weighted by atomic mass is 19.1. The van der Waals surface area contributed by atoms with Crippen molar-refractivity contribution in [3.8, 4) is 0 Å². The zero-order chi connectivity index (χ0) is 14.7. The van der Waals surface area contributed by atoms with Crippen LogP contribution in [0.2, 0.25) is 0 Å². The van der Waals surface area contributed by atoms with Crippen molar-refractivity contribution in [3.63, 3.8) is 0 Å². The van der Waals surface area contributed by atoms with Gasteiger partial charge in [-0.2, -0.15) is 0 Å². The maximum Gasteiger partial charge on any atom is 0.310 e. The number of halogens is 1. The van der Waals surface area contributed by atoms with Gasteiger partial charge < -0.3 is 9.72 Å². The van der Waals surface area contributed by atoms with Crippen LogP contribution in [0.25, 0.3) is 10.9 Å². The largest absolute Gasteiger partial charge is 0.460 e. The average Bonchev–Trinajstić information content (AvgIpc) is 2.90. The van der Waals surface area contributed by atoms with Crippen molar-refractivity contribution in [1.82, 2.24) is 4.98 Å². The molecular formula is C17H14FNO2. The third-order valence-electron chi connectivity index (χ3n) is 3.36. The molecular weight excluding hydrogens is 269 g/mol. The van der Waals surface area contributed by atoms with Crippen LogP contribution in [0.5, 0.6) is 0 Å². The van der Waals surface area contributed by atoms with Gasteiger partial charge >= 0.3 is 5.97 Å². The lowest BCUT2D eigenvalue weighted by Gasteiger charge is -2.05. The van der Waals surface area contributed by atoms with Crippen LogP contribution in [0.15, 0.2) is 54.7 Å². The molecule has 2 aromatic carbocycles. The SMILES string of the molecule is O=C(Cc1c[nH]c2ccccc12)OCc1ccccc1F. The molecule has 1 aromatic heterocycles. The first-order valence-corrected chi connectivity index (χ1v) is 6.68. The number of hydrogen-bond donors (Lipinski definition) is 1. The van der Waals surface area contributed by atoms with E-state index in [0.717, 1.165) is 16.5 Å². The van der Waals surface area contributed by atoms with Gasteiger partial charge in [-0.05, 0) is 17.7 Å². The summed E-state index contributed by atoms with van der Waals surface area (Å²) in [7, 11) is 0. The fraction of sp³-hybridized carbons (Fsp3) is 0.118. The second-order valence-corrected chi connectivity index (χ2v) is 4.79. The van der Waals surface area contributed by atoms with Crippen LogP contribution in [-0.2, 0) is 22.6 Å². The molecule has 0 spiro atoms. The van der Waals surface area contributed by atoms with Gasteiger partial charge in [-0.1, -0.05) is 36.4 Å². The first-order valence-electron chi connectivity index (χ1n) is 6.68. The highest BCUT2D eigenvalue weighted by molar-refractivity contribution is 5.87. The number of para-hydroxylation sites is 1. The molecule has 0 bridgehead atoms. The highest BCUT2D eigenvalue weighted by Crippen LogP contribution is 2.18. The van der Waals surface area contributed by atoms with E-state index in [2.05, 4.69) is 4.98 Å². The maximum atomic E-state index is 13.4. The van der Waals surface area contributed by atoms with Crippen molar-refractivity contribution in [2.24, 2.45) is 0 Å². The fourth-order valence-corrected chi connectivity index (χ4v) is 2.26. The van der Waals surface area contributed by atoms with Crippen LogP contribution >= 0.6 is 0 Å². The third kappa shape index (κ3) is 2.94. The van der Waals surface area contributed by atoms with Crippen LogP contribution in [0.3, 0.4) is 0 Å². The zero-order valence-electron chi connectivity index (χ0n) is 11.3. The van der Waals surface area contributed by atoms with E-state index in [-0.39, 0.29) is 24.8 Å². The molecule has 1 heterocycles. The minimum Gasteiger partial charge on any atom is -0.460 e. The van der Waals surface area contributed by atoms with E-state index in [1.807, 2.05) is 24.3 Å². The summed E-state index contributed by atoms with van der Waals surface area (Å²) in [6.45, 7) is -0.0478. The van der Waals surface area contributed by atoms with E-state index in [9.17, 15) is 9.18 Å². The standard InChI is InChI=1S/C17H14FNO2/c18-15-7-3-1-5-12(15)11-21-17(20)9-13-10-19-16-8-4-2-6-14(13)16/h1-8,10,19H,9,11H2. The van der Waals surface area contributed by atoms with Crippen LogP contribution in [-0.4, -0.2) is 11.0 Å². The summed E-state index contributed by atoms with van der Waals surface area (Å²) in [4.78, 5) is 15.0. The Balaban J connectivity index is 1.66. The summed E-state index contributed by atoms with van der Waals surface area (Å²) in [5.41, 5.74) is 2.24. The monoisotopic (exact) mass is 283 g/mol. The average molecular weight is 283 g/mol. The molecule has 0 radical (unpaired) electrons. The van der Waals surface area contributed by atoms with Gasteiger partial charge in [-0.3, -0.25) is 4.79 Å². The fourth-order valence-electron chi connectivity index (χ4n) is 2.26. The molecule has 0 atom stereocenters. The Labute approximate surface area is 121 Å². The first-order chi connectivity index (χ1) is 10.2. The topological polar surface area (TPSA) is 42.1 Å². The molecule has 0 aliphatic rings. The van der Waals surface area contributed by atoms with Gasteiger partial charge in [0.1, 0.15) is 12.4 Å². The predicted molar refractivity (Wildman–Crippen MR) is 78.2 cm³/mol. The van der Waals surface area contributed by atoms with Crippen LogP contribution < -0.4 is 0 Å². The summed E-state index contributed by atoms with van der Waals surface area (Å²) >= 11 is 0. The normalized spacial score (nSPS) is 10.7. The predicted octanol–water partition coefficient (Wildman–Crippen LogP) is 3.59. The van der Waals surface area contributed by atoms with Crippen LogP contribution in [0.1, 0.15) is 11.1 Å². The van der Waals surface area contributed by atoms with Gasteiger partial charge in [-0.25, -0.2) is 4.39 Å². The van der Waals surface area contributed by atoms with Gasteiger partial charge in [0.05, 0.1) is 6.42 Å². The lowest BCUT2D eigenvalue weighted by Crippen LogP contribution is -2.08. The molecule has 0 aliphatic carbocycles. The smallest absolute Gasteiger partial charge is 0.310 e. The number of benzene rings is 2. The van der Waals surface area contributed by atoms with E-state index in [1.54, 1.807) is 24.4 Å². The number of hydrogen-bond acceptors (Lipinski definition) is 2. The molecule has 0 saturated carbocycles. The molecule has 0 fully saturated rings. The molecule has 106 valence electrons. The Morgan fingerprint density at radius 1 is 1.05 bits per heavy atom. The second kappa shape index (κ2) is 5.79. The summed E-state index contributed by atoms with van der Waals surface area (Å²) in [6.07, 6.45) is 1.97. The number of ether oxygens (including phenoxy) is 1. The Morgan fingerprint density at radius 3 is 2.67 bits per heavy atom. The third-order valence-corrected chi connectivity index (χ3v) is 3.36. The molecule has 3 rings (SSSR count). The molecule has 21 heavy (non-hydrogen) atoms. The number of carbonyl (C=O) groups is 1. The lowest BCUT2D eigenvalue weighted by atomic mass is 10.1. The van der Waals surface area contributed by atoms with E-state index < -0.39 is 0 Å². The van der Waals surface area contributed by atoms with Crippen molar-refractivity contribution in [1.29, 1.82) is 0 Å². The molecule has 3 nitrogen and oxygen atoms in total. The zero-order valence-corrected chi connectivity index (χ0v) is 11.3. The Bertz CT molecular complexity index is 779. The van der Waals surface area contributed by atoms with Crippen LogP contribution in [0.4, 0.5) is 4.39 Å². The van der Waals surface area contributed by atoms with E-state index in [4.69, 9.17) is 4.74 Å². The van der Waals surface area contributed by atoms with E-state index >= 15 is 0 Å². The lowest BCUT2D eigenvalue weighted by molar-refractivity contribution is -0.144. The molecule has 0 saturated heterocycles. The van der Waals surface area contributed by atoms with Crippen molar-refractivity contribution in [2.45, 2.75) is 13.0 Å².